The quantitative estimate of drug-likeness (QED) is 0.704. The molecule has 9 heteroatoms. The first-order chi connectivity index (χ1) is 12.9. The van der Waals surface area contributed by atoms with Gasteiger partial charge in [0.05, 0.1) is 13.7 Å². The molecule has 3 N–H and O–H groups in total. The molecule has 1 aromatic heterocycles. The second-order valence-corrected chi connectivity index (χ2v) is 5.82. The van der Waals surface area contributed by atoms with Gasteiger partial charge in [0, 0.05) is 25.8 Å². The summed E-state index contributed by atoms with van der Waals surface area (Å²) in [5.41, 5.74) is 5.05. The fourth-order valence-electron chi connectivity index (χ4n) is 2.67. The third kappa shape index (κ3) is 4.37. The molecule has 1 heterocycles. The summed E-state index contributed by atoms with van der Waals surface area (Å²) in [4.78, 5) is 41.0. The fourth-order valence-corrected chi connectivity index (χ4v) is 2.67. The number of nitrogens with zero attached hydrogens (tertiary/aromatic N) is 2. The summed E-state index contributed by atoms with van der Waals surface area (Å²) in [7, 11) is 3.01. The van der Waals surface area contributed by atoms with Crippen molar-refractivity contribution in [3.05, 3.63) is 50.7 Å². The molecule has 27 heavy (non-hydrogen) atoms. The number of carbonyl (C=O) groups excluding carboxylic acids is 1. The Hall–Kier alpha value is -3.07. The van der Waals surface area contributed by atoms with Gasteiger partial charge in [-0.05, 0) is 30.7 Å². The van der Waals surface area contributed by atoms with Gasteiger partial charge in [-0.15, -0.1) is 0 Å². The van der Waals surface area contributed by atoms with Crippen LogP contribution < -0.4 is 26.6 Å². The summed E-state index contributed by atoms with van der Waals surface area (Å²) in [5.74, 6) is 0.112. The molecule has 0 radical (unpaired) electrons. The number of amides is 1. The van der Waals surface area contributed by atoms with E-state index in [0.29, 0.717) is 24.3 Å². The van der Waals surface area contributed by atoms with E-state index in [2.05, 4.69) is 4.98 Å². The second-order valence-electron chi connectivity index (χ2n) is 5.82. The van der Waals surface area contributed by atoms with Crippen molar-refractivity contribution in [2.45, 2.75) is 19.9 Å². The number of aromatic nitrogens is 2. The zero-order chi connectivity index (χ0) is 20.0. The Kier molecular flexibility index (Phi) is 6.78. The highest BCUT2D eigenvalue weighted by Gasteiger charge is 2.25. The molecular formula is C18H24N4O5. The lowest BCUT2D eigenvalue weighted by Crippen LogP contribution is -2.42. The smallest absolute Gasteiger partial charge is 0.330 e. The maximum absolute atomic E-state index is 13.0. The van der Waals surface area contributed by atoms with Crippen LogP contribution in [0.15, 0.2) is 33.9 Å². The minimum absolute atomic E-state index is 0.0523. The summed E-state index contributed by atoms with van der Waals surface area (Å²) in [6, 6.07) is 6.47. The number of aromatic amines is 1. The van der Waals surface area contributed by atoms with Gasteiger partial charge in [0.1, 0.15) is 11.6 Å². The Balaban J connectivity index is 2.55. The fraction of sp³-hybridized carbons (Fsp3) is 0.389. The average Bonchev–Trinajstić information content (AvgIpc) is 2.67. The first-order valence-corrected chi connectivity index (χ1v) is 8.52. The summed E-state index contributed by atoms with van der Waals surface area (Å²) in [6.45, 7) is 2.48. The lowest BCUT2D eigenvalue weighted by atomic mass is 10.1. The van der Waals surface area contributed by atoms with Gasteiger partial charge in [-0.25, -0.2) is 4.79 Å². The molecule has 0 saturated carbocycles. The van der Waals surface area contributed by atoms with Crippen LogP contribution in [0.4, 0.5) is 11.5 Å². The van der Waals surface area contributed by atoms with Crippen LogP contribution in [0, 0.1) is 0 Å². The average molecular weight is 376 g/mol. The second kappa shape index (κ2) is 9.04. The number of carbonyl (C=O) groups is 1. The standard InChI is InChI=1S/C18H24N4O5/c1-4-9-22-15(19)14(16(23)20-18(22)25)21(10-11-26-2)17(24)12-5-7-13(27-3)8-6-12/h5-8H,4,9-11,19H2,1-3H3,(H,20,23,25). The maximum atomic E-state index is 13.0. The molecule has 0 aliphatic heterocycles. The molecule has 9 nitrogen and oxygen atoms in total. The highest BCUT2D eigenvalue weighted by molar-refractivity contribution is 6.07. The van der Waals surface area contributed by atoms with Crippen LogP contribution in [-0.2, 0) is 11.3 Å². The number of H-pyrrole nitrogens is 1. The van der Waals surface area contributed by atoms with Gasteiger partial charge in [-0.3, -0.25) is 24.0 Å². The first-order valence-electron chi connectivity index (χ1n) is 8.52. The van der Waals surface area contributed by atoms with Gasteiger partial charge in [0.2, 0.25) is 0 Å². The molecule has 0 spiro atoms. The van der Waals surface area contributed by atoms with Gasteiger partial charge in [0.25, 0.3) is 11.5 Å². The zero-order valence-corrected chi connectivity index (χ0v) is 15.7. The largest absolute Gasteiger partial charge is 0.497 e. The van der Waals surface area contributed by atoms with Crippen molar-refractivity contribution in [1.29, 1.82) is 0 Å². The van der Waals surface area contributed by atoms with Gasteiger partial charge in [-0.2, -0.15) is 0 Å². The Morgan fingerprint density at radius 2 is 1.89 bits per heavy atom. The number of benzene rings is 1. The van der Waals surface area contributed by atoms with Gasteiger partial charge in [-0.1, -0.05) is 6.92 Å². The Labute approximate surface area is 156 Å². The number of ether oxygens (including phenoxy) is 2. The number of anilines is 2. The molecule has 1 aromatic carbocycles. The number of nitrogens with one attached hydrogen (secondary N) is 1. The molecule has 0 aliphatic rings. The highest BCUT2D eigenvalue weighted by atomic mass is 16.5. The minimum Gasteiger partial charge on any atom is -0.497 e. The van der Waals surface area contributed by atoms with Crippen molar-refractivity contribution in [2.75, 3.05) is 38.0 Å². The van der Waals surface area contributed by atoms with E-state index in [4.69, 9.17) is 15.2 Å². The lowest BCUT2D eigenvalue weighted by molar-refractivity contribution is 0.0975. The van der Waals surface area contributed by atoms with Gasteiger partial charge >= 0.3 is 5.69 Å². The molecule has 146 valence electrons. The predicted molar refractivity (Wildman–Crippen MR) is 103 cm³/mol. The topological polar surface area (TPSA) is 120 Å². The number of hydrogen-bond donors (Lipinski definition) is 2. The summed E-state index contributed by atoms with van der Waals surface area (Å²) in [6.07, 6.45) is 0.639. The zero-order valence-electron chi connectivity index (χ0n) is 15.7. The van der Waals surface area contributed by atoms with E-state index >= 15 is 0 Å². The lowest BCUT2D eigenvalue weighted by Gasteiger charge is -2.24. The van der Waals surface area contributed by atoms with Crippen molar-refractivity contribution in [3.63, 3.8) is 0 Å². The van der Waals surface area contributed by atoms with E-state index in [1.807, 2.05) is 6.92 Å². The predicted octanol–water partition coefficient (Wildman–Crippen LogP) is 0.831. The van der Waals surface area contributed by atoms with Crippen LogP contribution in [0.2, 0.25) is 0 Å². The summed E-state index contributed by atoms with van der Waals surface area (Å²) < 4.78 is 11.4. The molecular weight excluding hydrogens is 352 g/mol. The van der Waals surface area contributed by atoms with Crippen LogP contribution >= 0.6 is 0 Å². The highest BCUT2D eigenvalue weighted by Crippen LogP contribution is 2.20. The summed E-state index contributed by atoms with van der Waals surface area (Å²) >= 11 is 0. The van der Waals surface area contributed by atoms with Crippen LogP contribution in [0.25, 0.3) is 0 Å². The summed E-state index contributed by atoms with van der Waals surface area (Å²) in [5, 5.41) is 0. The van der Waals surface area contributed by atoms with Crippen molar-refractivity contribution < 1.29 is 14.3 Å². The monoisotopic (exact) mass is 376 g/mol. The SMILES string of the molecule is CCCn1c(N)c(N(CCOC)C(=O)c2ccc(OC)cc2)c(=O)[nH]c1=O. The van der Waals surface area contributed by atoms with Crippen molar-refractivity contribution in [3.8, 4) is 5.75 Å². The third-order valence-electron chi connectivity index (χ3n) is 4.03. The van der Waals surface area contributed by atoms with Crippen molar-refractivity contribution >= 4 is 17.4 Å². The van der Waals surface area contributed by atoms with Crippen LogP contribution in [0.3, 0.4) is 0 Å². The van der Waals surface area contributed by atoms with Gasteiger partial charge < -0.3 is 15.2 Å². The molecule has 2 aromatic rings. The molecule has 0 unspecified atom stereocenters. The molecule has 0 atom stereocenters. The Morgan fingerprint density at radius 1 is 1.22 bits per heavy atom. The van der Waals surface area contributed by atoms with E-state index in [0.717, 1.165) is 0 Å². The Bertz CT molecular complexity index is 901. The number of nitrogens with two attached hydrogens (primary N) is 1. The molecule has 0 aliphatic carbocycles. The molecule has 0 fully saturated rings. The van der Waals surface area contributed by atoms with E-state index in [1.165, 1.54) is 23.7 Å². The van der Waals surface area contributed by atoms with E-state index in [9.17, 15) is 14.4 Å². The van der Waals surface area contributed by atoms with Gasteiger partial charge in [0.15, 0.2) is 5.69 Å². The maximum Gasteiger partial charge on any atom is 0.330 e. The third-order valence-corrected chi connectivity index (χ3v) is 4.03. The molecule has 0 saturated heterocycles. The number of methoxy groups -OCH3 is 2. The molecule has 1 amide bonds. The van der Waals surface area contributed by atoms with Crippen LogP contribution in [-0.4, -0.2) is 42.8 Å². The number of hydrogen-bond acceptors (Lipinski definition) is 6. The van der Waals surface area contributed by atoms with Crippen LogP contribution in [0.1, 0.15) is 23.7 Å². The number of rotatable bonds is 8. The first kappa shape index (κ1) is 20.2. The van der Waals surface area contributed by atoms with E-state index in [1.54, 1.807) is 24.3 Å². The Morgan fingerprint density at radius 3 is 2.44 bits per heavy atom. The normalized spacial score (nSPS) is 10.6. The minimum atomic E-state index is -0.720. The van der Waals surface area contributed by atoms with E-state index < -0.39 is 17.2 Å². The number of nitrogen functional groups attached to an aromatic ring is 1. The molecule has 2 rings (SSSR count). The van der Waals surface area contributed by atoms with E-state index in [-0.39, 0.29) is 24.7 Å². The molecule has 0 bridgehead atoms. The van der Waals surface area contributed by atoms with Crippen molar-refractivity contribution in [1.82, 2.24) is 9.55 Å². The van der Waals surface area contributed by atoms with Crippen molar-refractivity contribution in [2.24, 2.45) is 0 Å². The van der Waals surface area contributed by atoms with Crippen LogP contribution in [0.5, 0.6) is 5.75 Å².